The van der Waals surface area contributed by atoms with Gasteiger partial charge in [-0.1, -0.05) is 19.1 Å². The Labute approximate surface area is 147 Å². The van der Waals surface area contributed by atoms with Crippen molar-refractivity contribution in [2.75, 3.05) is 33.7 Å². The molecule has 0 aromatic heterocycles. The maximum Gasteiger partial charge on any atom is 0.317 e. The van der Waals surface area contributed by atoms with Crippen molar-refractivity contribution in [1.29, 1.82) is 0 Å². The summed E-state index contributed by atoms with van der Waals surface area (Å²) in [5.74, 6) is -1.56. The molecule has 0 spiro atoms. The van der Waals surface area contributed by atoms with Gasteiger partial charge in [-0.25, -0.2) is 9.18 Å². The first-order chi connectivity index (χ1) is 11.8. The predicted molar refractivity (Wildman–Crippen MR) is 92.7 cm³/mol. The Hall–Kier alpha value is -2.15. The fourth-order valence-electron chi connectivity index (χ4n) is 3.30. The number of hydrogen-bond donors (Lipinski definition) is 2. The summed E-state index contributed by atoms with van der Waals surface area (Å²) in [6.45, 7) is 3.03. The fourth-order valence-corrected chi connectivity index (χ4v) is 3.30. The van der Waals surface area contributed by atoms with Crippen LogP contribution in [0.1, 0.15) is 24.9 Å². The molecule has 1 aliphatic rings. The quantitative estimate of drug-likeness (QED) is 0.853. The van der Waals surface area contributed by atoms with Crippen molar-refractivity contribution in [3.05, 3.63) is 35.6 Å². The predicted octanol–water partition coefficient (Wildman–Crippen LogP) is 2.18. The third-order valence-electron chi connectivity index (χ3n) is 4.60. The standard InChI is InChI=1S/C18H26FN3O3/c1-12-7-14(17(23)24)11-22(10-12)18(25)20-9-16(21(2)3)13-5-4-6-15(19)8-13/h4-6,8,12,14,16H,7,9-11H2,1-3H3,(H,20,25)(H,23,24). The fraction of sp³-hybridized carbons (Fsp3) is 0.556. The van der Waals surface area contributed by atoms with Gasteiger partial charge in [0.1, 0.15) is 5.82 Å². The Bertz CT molecular complexity index is 623. The molecule has 2 N–H and O–H groups in total. The van der Waals surface area contributed by atoms with Crippen LogP contribution in [0.15, 0.2) is 24.3 Å². The number of rotatable bonds is 5. The molecule has 1 aromatic carbocycles. The molecule has 2 rings (SSSR count). The number of piperidine rings is 1. The van der Waals surface area contributed by atoms with E-state index in [9.17, 15) is 19.1 Å². The number of aliphatic carboxylic acids is 1. The zero-order valence-electron chi connectivity index (χ0n) is 14.9. The Balaban J connectivity index is 2.00. The van der Waals surface area contributed by atoms with Crippen molar-refractivity contribution in [2.24, 2.45) is 11.8 Å². The van der Waals surface area contributed by atoms with Gasteiger partial charge in [0.05, 0.1) is 12.0 Å². The number of nitrogens with one attached hydrogen (secondary N) is 1. The zero-order chi connectivity index (χ0) is 18.6. The maximum absolute atomic E-state index is 13.5. The molecular formula is C18H26FN3O3. The maximum atomic E-state index is 13.5. The molecule has 0 radical (unpaired) electrons. The van der Waals surface area contributed by atoms with E-state index in [1.54, 1.807) is 11.0 Å². The molecular weight excluding hydrogens is 325 g/mol. The van der Waals surface area contributed by atoms with E-state index in [0.29, 0.717) is 19.5 Å². The average molecular weight is 351 g/mol. The number of nitrogens with zero attached hydrogens (tertiary/aromatic N) is 2. The van der Waals surface area contributed by atoms with Gasteiger partial charge in [0.2, 0.25) is 0 Å². The molecule has 0 aliphatic carbocycles. The Morgan fingerprint density at radius 1 is 1.40 bits per heavy atom. The highest BCUT2D eigenvalue weighted by molar-refractivity contribution is 5.76. The zero-order valence-corrected chi connectivity index (χ0v) is 14.9. The lowest BCUT2D eigenvalue weighted by Gasteiger charge is -2.35. The lowest BCUT2D eigenvalue weighted by atomic mass is 9.91. The van der Waals surface area contributed by atoms with E-state index in [0.717, 1.165) is 5.56 Å². The van der Waals surface area contributed by atoms with Gasteiger partial charge in [-0.3, -0.25) is 4.79 Å². The van der Waals surface area contributed by atoms with E-state index in [2.05, 4.69) is 5.32 Å². The number of benzene rings is 1. The van der Waals surface area contributed by atoms with Crippen LogP contribution < -0.4 is 5.32 Å². The van der Waals surface area contributed by atoms with Crippen molar-refractivity contribution >= 4 is 12.0 Å². The summed E-state index contributed by atoms with van der Waals surface area (Å²) in [6.07, 6.45) is 0.586. The van der Waals surface area contributed by atoms with Crippen LogP contribution in [0.4, 0.5) is 9.18 Å². The largest absolute Gasteiger partial charge is 0.481 e. The molecule has 7 heteroatoms. The summed E-state index contributed by atoms with van der Waals surface area (Å²) in [7, 11) is 3.73. The molecule has 3 unspecified atom stereocenters. The molecule has 1 heterocycles. The number of carbonyl (C=O) groups excluding carboxylic acids is 1. The molecule has 2 amide bonds. The molecule has 1 saturated heterocycles. The number of urea groups is 1. The minimum atomic E-state index is -0.865. The van der Waals surface area contributed by atoms with Crippen molar-refractivity contribution in [3.63, 3.8) is 0 Å². The van der Waals surface area contributed by atoms with Crippen LogP contribution in [0.25, 0.3) is 0 Å². The first-order valence-corrected chi connectivity index (χ1v) is 8.45. The molecule has 1 fully saturated rings. The van der Waals surface area contributed by atoms with Gasteiger partial charge in [-0.2, -0.15) is 0 Å². The highest BCUT2D eigenvalue weighted by Gasteiger charge is 2.32. The molecule has 0 saturated carbocycles. The minimum Gasteiger partial charge on any atom is -0.481 e. The van der Waals surface area contributed by atoms with Crippen LogP contribution >= 0.6 is 0 Å². The van der Waals surface area contributed by atoms with E-state index in [-0.39, 0.29) is 30.4 Å². The van der Waals surface area contributed by atoms with E-state index >= 15 is 0 Å². The number of amides is 2. The number of hydrogen-bond acceptors (Lipinski definition) is 3. The second-order valence-corrected chi connectivity index (χ2v) is 7.00. The SMILES string of the molecule is CC1CC(C(=O)O)CN(C(=O)NCC(c2cccc(F)c2)N(C)C)C1. The lowest BCUT2D eigenvalue weighted by molar-refractivity contribution is -0.143. The Morgan fingerprint density at radius 3 is 2.72 bits per heavy atom. The normalized spacial score (nSPS) is 21.9. The van der Waals surface area contributed by atoms with Crippen LogP contribution in [0.5, 0.6) is 0 Å². The van der Waals surface area contributed by atoms with Crippen molar-refractivity contribution in [1.82, 2.24) is 15.1 Å². The van der Waals surface area contributed by atoms with Gasteiger partial charge in [-0.05, 0) is 44.1 Å². The van der Waals surface area contributed by atoms with E-state index in [4.69, 9.17) is 0 Å². The van der Waals surface area contributed by atoms with Crippen LogP contribution in [0, 0.1) is 17.7 Å². The highest BCUT2D eigenvalue weighted by atomic mass is 19.1. The molecule has 1 aromatic rings. The second-order valence-electron chi connectivity index (χ2n) is 7.00. The second kappa shape index (κ2) is 8.29. The molecule has 138 valence electrons. The van der Waals surface area contributed by atoms with Crippen LogP contribution in [-0.4, -0.2) is 60.6 Å². The summed E-state index contributed by atoms with van der Waals surface area (Å²) in [5, 5.41) is 12.1. The van der Waals surface area contributed by atoms with Crippen LogP contribution in [0.2, 0.25) is 0 Å². The summed E-state index contributed by atoms with van der Waals surface area (Å²) < 4.78 is 13.5. The number of carbonyl (C=O) groups is 2. The molecule has 3 atom stereocenters. The number of carboxylic acid groups (broad SMARTS) is 1. The van der Waals surface area contributed by atoms with E-state index in [1.807, 2.05) is 32.0 Å². The van der Waals surface area contributed by atoms with Crippen molar-refractivity contribution < 1.29 is 19.1 Å². The summed E-state index contributed by atoms with van der Waals surface area (Å²) in [4.78, 5) is 27.2. The summed E-state index contributed by atoms with van der Waals surface area (Å²) in [5.41, 5.74) is 0.778. The third-order valence-corrected chi connectivity index (χ3v) is 4.60. The Morgan fingerprint density at radius 2 is 2.12 bits per heavy atom. The van der Waals surface area contributed by atoms with Gasteiger partial charge in [0, 0.05) is 19.6 Å². The topological polar surface area (TPSA) is 72.9 Å². The van der Waals surface area contributed by atoms with Crippen LogP contribution in [-0.2, 0) is 4.79 Å². The molecule has 25 heavy (non-hydrogen) atoms. The van der Waals surface area contributed by atoms with Gasteiger partial charge in [-0.15, -0.1) is 0 Å². The number of carboxylic acids is 1. The first kappa shape index (κ1) is 19.2. The summed E-state index contributed by atoms with van der Waals surface area (Å²) >= 11 is 0. The van der Waals surface area contributed by atoms with Gasteiger partial charge < -0.3 is 20.2 Å². The van der Waals surface area contributed by atoms with Gasteiger partial charge in [0.25, 0.3) is 0 Å². The number of likely N-dealkylation sites (N-methyl/N-ethyl adjacent to an activating group) is 1. The number of halogens is 1. The first-order valence-electron chi connectivity index (χ1n) is 8.45. The van der Waals surface area contributed by atoms with Gasteiger partial charge >= 0.3 is 12.0 Å². The average Bonchev–Trinajstić information content (AvgIpc) is 2.54. The van der Waals surface area contributed by atoms with E-state index in [1.165, 1.54) is 12.1 Å². The lowest BCUT2D eigenvalue weighted by Crippen LogP contribution is -2.50. The molecule has 6 nitrogen and oxygen atoms in total. The molecule has 0 bridgehead atoms. The smallest absolute Gasteiger partial charge is 0.317 e. The monoisotopic (exact) mass is 351 g/mol. The number of likely N-dealkylation sites (tertiary alicyclic amines) is 1. The highest BCUT2D eigenvalue weighted by Crippen LogP contribution is 2.22. The van der Waals surface area contributed by atoms with Gasteiger partial charge in [0.15, 0.2) is 0 Å². The van der Waals surface area contributed by atoms with E-state index < -0.39 is 11.9 Å². The summed E-state index contributed by atoms with van der Waals surface area (Å²) in [6, 6.07) is 5.87. The van der Waals surface area contributed by atoms with Crippen molar-refractivity contribution in [3.8, 4) is 0 Å². The molecule has 1 aliphatic heterocycles. The minimum absolute atomic E-state index is 0.147. The van der Waals surface area contributed by atoms with Crippen molar-refractivity contribution in [2.45, 2.75) is 19.4 Å². The van der Waals surface area contributed by atoms with Crippen LogP contribution in [0.3, 0.4) is 0 Å². The Kier molecular flexibility index (Phi) is 6.36. The third kappa shape index (κ3) is 5.16.